The Morgan fingerprint density at radius 1 is 1.16 bits per heavy atom. The number of piperidine rings is 2. The van der Waals surface area contributed by atoms with Crippen LogP contribution in [0.2, 0.25) is 0 Å². The minimum atomic E-state index is 0.0296. The number of nitrogens with zero attached hydrogens (tertiary/aromatic N) is 4. The van der Waals surface area contributed by atoms with Crippen molar-refractivity contribution in [3.05, 3.63) is 23.9 Å². The molecule has 6 nitrogen and oxygen atoms in total. The maximum atomic E-state index is 12.9. The van der Waals surface area contributed by atoms with Gasteiger partial charge in [0, 0.05) is 45.0 Å². The lowest BCUT2D eigenvalue weighted by molar-refractivity contribution is 0.0305. The monoisotopic (exact) mass is 428 g/mol. The molecule has 1 aromatic rings. The molecule has 1 saturated carbocycles. The first-order valence-electron chi connectivity index (χ1n) is 12.3. The average molecular weight is 429 g/mol. The molecular formula is C25H40N4O2. The largest absolute Gasteiger partial charge is 0.383 e. The first kappa shape index (κ1) is 22.5. The molecule has 2 aliphatic heterocycles. The molecule has 0 unspecified atom stereocenters. The van der Waals surface area contributed by atoms with E-state index in [0.717, 1.165) is 24.9 Å². The summed E-state index contributed by atoms with van der Waals surface area (Å²) >= 11 is 0. The number of ether oxygens (including phenoxy) is 1. The van der Waals surface area contributed by atoms with Crippen molar-refractivity contribution in [1.82, 2.24) is 14.8 Å². The zero-order valence-corrected chi connectivity index (χ0v) is 19.7. The lowest BCUT2D eigenvalue weighted by Crippen LogP contribution is -2.51. The van der Waals surface area contributed by atoms with Crippen molar-refractivity contribution in [2.45, 2.75) is 70.9 Å². The molecule has 0 N–H and O–H groups in total. The second-order valence-corrected chi connectivity index (χ2v) is 10.1. The van der Waals surface area contributed by atoms with Crippen LogP contribution in [0.15, 0.2) is 18.3 Å². The molecule has 1 aromatic heterocycles. The maximum Gasteiger partial charge on any atom is 0.255 e. The molecule has 0 radical (unpaired) electrons. The van der Waals surface area contributed by atoms with Crippen molar-refractivity contribution in [1.29, 1.82) is 0 Å². The summed E-state index contributed by atoms with van der Waals surface area (Å²) < 4.78 is 5.16. The van der Waals surface area contributed by atoms with Crippen LogP contribution in [0, 0.1) is 5.41 Å². The van der Waals surface area contributed by atoms with Gasteiger partial charge in [0.2, 0.25) is 0 Å². The van der Waals surface area contributed by atoms with Crippen LogP contribution in [0.3, 0.4) is 0 Å². The summed E-state index contributed by atoms with van der Waals surface area (Å²) in [6.07, 6.45) is 11.3. The van der Waals surface area contributed by atoms with Crippen molar-refractivity contribution in [3.8, 4) is 0 Å². The molecule has 4 rings (SSSR count). The van der Waals surface area contributed by atoms with Crippen LogP contribution in [-0.4, -0.2) is 79.2 Å². The number of hydrogen-bond donors (Lipinski definition) is 0. The number of pyridine rings is 1. The normalized spacial score (nSPS) is 22.0. The molecule has 2 saturated heterocycles. The quantitative estimate of drug-likeness (QED) is 0.661. The molecule has 3 aliphatic rings. The Bertz CT molecular complexity index is 714. The smallest absolute Gasteiger partial charge is 0.255 e. The minimum absolute atomic E-state index is 0.0296. The molecule has 3 heterocycles. The first-order valence-corrected chi connectivity index (χ1v) is 12.3. The van der Waals surface area contributed by atoms with Gasteiger partial charge >= 0.3 is 0 Å². The van der Waals surface area contributed by atoms with E-state index >= 15 is 0 Å². The molecule has 0 aromatic carbocycles. The summed E-state index contributed by atoms with van der Waals surface area (Å²) in [6, 6.07) is 4.99. The van der Waals surface area contributed by atoms with Gasteiger partial charge in [0.1, 0.15) is 5.82 Å². The van der Waals surface area contributed by atoms with E-state index in [-0.39, 0.29) is 11.9 Å². The average Bonchev–Trinajstić information content (AvgIpc) is 2.75. The molecule has 1 amide bonds. The van der Waals surface area contributed by atoms with Gasteiger partial charge in [-0.1, -0.05) is 6.42 Å². The number of methoxy groups -OCH3 is 1. The van der Waals surface area contributed by atoms with Gasteiger partial charge in [-0.2, -0.15) is 0 Å². The predicted octanol–water partition coefficient (Wildman–Crippen LogP) is 3.81. The lowest BCUT2D eigenvalue weighted by Gasteiger charge is -2.50. The first-order chi connectivity index (χ1) is 15.0. The molecule has 0 bridgehead atoms. The Balaban J connectivity index is 1.30. The van der Waals surface area contributed by atoms with Crippen molar-refractivity contribution >= 4 is 11.7 Å². The SMILES string of the molecule is COCCN(C(=O)c1ccc(N2CCC3(CC2)CCN(C2CCC2)CC3)nc1)C(C)C. The highest BCUT2D eigenvalue weighted by Crippen LogP contribution is 2.43. The van der Waals surface area contributed by atoms with Gasteiger partial charge < -0.3 is 19.4 Å². The summed E-state index contributed by atoms with van der Waals surface area (Å²) in [5.41, 5.74) is 1.21. The van der Waals surface area contributed by atoms with Gasteiger partial charge in [-0.25, -0.2) is 4.98 Å². The molecule has 3 fully saturated rings. The Kier molecular flexibility index (Phi) is 7.17. The van der Waals surface area contributed by atoms with E-state index in [2.05, 4.69) is 14.8 Å². The topological polar surface area (TPSA) is 48.9 Å². The van der Waals surface area contributed by atoms with Crippen LogP contribution < -0.4 is 4.90 Å². The summed E-state index contributed by atoms with van der Waals surface area (Å²) in [6.45, 7) is 9.98. The van der Waals surface area contributed by atoms with Gasteiger partial charge in [-0.05, 0) is 83.0 Å². The van der Waals surface area contributed by atoms with Crippen LogP contribution in [0.25, 0.3) is 0 Å². The summed E-state index contributed by atoms with van der Waals surface area (Å²) in [4.78, 5) is 24.6. The molecule has 1 spiro atoms. The maximum absolute atomic E-state index is 12.9. The highest BCUT2D eigenvalue weighted by molar-refractivity contribution is 5.94. The Hall–Kier alpha value is -1.66. The predicted molar refractivity (Wildman–Crippen MR) is 125 cm³/mol. The van der Waals surface area contributed by atoms with E-state index in [1.807, 2.05) is 30.9 Å². The standard InChI is InChI=1S/C25H40N4O2/c1-20(2)29(17-18-31-3)24(30)21-7-8-23(26-19-21)28-15-11-25(12-16-28)9-13-27(14-10-25)22-5-4-6-22/h7-8,19-20,22H,4-6,9-18H2,1-3H3. The van der Waals surface area contributed by atoms with Gasteiger partial charge in [-0.15, -0.1) is 0 Å². The van der Waals surface area contributed by atoms with Crippen LogP contribution in [-0.2, 0) is 4.74 Å². The molecule has 0 atom stereocenters. The van der Waals surface area contributed by atoms with Crippen LogP contribution in [0.4, 0.5) is 5.82 Å². The van der Waals surface area contributed by atoms with E-state index < -0.39 is 0 Å². The Morgan fingerprint density at radius 3 is 2.35 bits per heavy atom. The van der Waals surface area contributed by atoms with Crippen molar-refractivity contribution in [2.24, 2.45) is 5.41 Å². The molecular weight excluding hydrogens is 388 g/mol. The van der Waals surface area contributed by atoms with Crippen LogP contribution >= 0.6 is 0 Å². The van der Waals surface area contributed by atoms with Gasteiger partial charge in [0.15, 0.2) is 0 Å². The molecule has 31 heavy (non-hydrogen) atoms. The van der Waals surface area contributed by atoms with Gasteiger partial charge in [0.05, 0.1) is 12.2 Å². The molecule has 6 heteroatoms. The van der Waals surface area contributed by atoms with E-state index in [4.69, 9.17) is 4.74 Å². The summed E-state index contributed by atoms with van der Waals surface area (Å²) in [7, 11) is 1.67. The highest BCUT2D eigenvalue weighted by atomic mass is 16.5. The second-order valence-electron chi connectivity index (χ2n) is 10.1. The third-order valence-electron chi connectivity index (χ3n) is 8.01. The lowest BCUT2D eigenvalue weighted by atomic mass is 9.70. The number of hydrogen-bond acceptors (Lipinski definition) is 5. The fourth-order valence-electron chi connectivity index (χ4n) is 5.47. The van der Waals surface area contributed by atoms with Crippen LogP contribution in [0.5, 0.6) is 0 Å². The number of likely N-dealkylation sites (tertiary alicyclic amines) is 1. The van der Waals surface area contributed by atoms with Crippen molar-refractivity contribution in [3.63, 3.8) is 0 Å². The number of anilines is 1. The van der Waals surface area contributed by atoms with Crippen molar-refractivity contribution in [2.75, 3.05) is 51.3 Å². The second kappa shape index (κ2) is 9.86. The number of carbonyl (C=O) groups excluding carboxylic acids is 1. The zero-order valence-electron chi connectivity index (χ0n) is 19.7. The van der Waals surface area contributed by atoms with E-state index in [9.17, 15) is 4.79 Å². The number of carbonyl (C=O) groups is 1. The number of aromatic nitrogens is 1. The fourth-order valence-corrected chi connectivity index (χ4v) is 5.47. The zero-order chi connectivity index (χ0) is 21.8. The number of amides is 1. The number of rotatable bonds is 7. The van der Waals surface area contributed by atoms with E-state index in [0.29, 0.717) is 24.1 Å². The van der Waals surface area contributed by atoms with E-state index in [1.54, 1.807) is 13.3 Å². The van der Waals surface area contributed by atoms with Crippen molar-refractivity contribution < 1.29 is 9.53 Å². The molecule has 172 valence electrons. The summed E-state index contributed by atoms with van der Waals surface area (Å²) in [5.74, 6) is 1.04. The highest BCUT2D eigenvalue weighted by Gasteiger charge is 2.39. The van der Waals surface area contributed by atoms with Gasteiger partial charge in [0.25, 0.3) is 5.91 Å². The fraction of sp³-hybridized carbons (Fsp3) is 0.760. The Morgan fingerprint density at radius 2 is 1.84 bits per heavy atom. The molecule has 1 aliphatic carbocycles. The third-order valence-corrected chi connectivity index (χ3v) is 8.01. The van der Waals surface area contributed by atoms with E-state index in [1.165, 1.54) is 58.0 Å². The minimum Gasteiger partial charge on any atom is -0.383 e. The third kappa shape index (κ3) is 5.06. The Labute approximate surface area is 187 Å². The van der Waals surface area contributed by atoms with Crippen LogP contribution in [0.1, 0.15) is 69.2 Å². The summed E-state index contributed by atoms with van der Waals surface area (Å²) in [5, 5.41) is 0. The van der Waals surface area contributed by atoms with Gasteiger partial charge in [-0.3, -0.25) is 4.79 Å².